The van der Waals surface area contributed by atoms with Gasteiger partial charge in [0.1, 0.15) is 5.75 Å². The van der Waals surface area contributed by atoms with Gasteiger partial charge < -0.3 is 10.3 Å². The maximum atomic E-state index is 9.46. The van der Waals surface area contributed by atoms with E-state index in [1.54, 1.807) is 12.1 Å². The van der Waals surface area contributed by atoms with E-state index in [-0.39, 0.29) is 11.8 Å². The standard InChI is InChI=1S/C9H12ClNO2/c1-2-8(11-13)7-5-6(10)3-4-9(7)12/h3-5,8,11-13H,2H2,1H3. The number of benzene rings is 1. The largest absolute Gasteiger partial charge is 0.508 e. The first-order valence-corrected chi connectivity index (χ1v) is 4.44. The zero-order valence-electron chi connectivity index (χ0n) is 7.29. The number of hydroxylamine groups is 1. The Labute approximate surface area is 81.9 Å². The number of halogens is 1. The smallest absolute Gasteiger partial charge is 0.120 e. The van der Waals surface area contributed by atoms with Gasteiger partial charge >= 0.3 is 0 Å². The number of phenols is 1. The Bertz CT molecular complexity index is 287. The normalized spacial score (nSPS) is 12.8. The molecule has 0 aromatic heterocycles. The van der Waals surface area contributed by atoms with Gasteiger partial charge in [-0.1, -0.05) is 18.5 Å². The summed E-state index contributed by atoms with van der Waals surface area (Å²) in [5.41, 5.74) is 2.73. The third-order valence-corrected chi connectivity index (χ3v) is 2.16. The second-order valence-corrected chi connectivity index (χ2v) is 3.23. The number of aromatic hydroxyl groups is 1. The van der Waals surface area contributed by atoms with Gasteiger partial charge in [0, 0.05) is 10.6 Å². The monoisotopic (exact) mass is 201 g/mol. The van der Waals surface area contributed by atoms with Gasteiger partial charge in [-0.25, -0.2) is 0 Å². The fourth-order valence-electron chi connectivity index (χ4n) is 1.19. The molecule has 4 heteroatoms. The molecule has 0 radical (unpaired) electrons. The first kappa shape index (κ1) is 10.3. The molecule has 0 saturated heterocycles. The molecule has 0 fully saturated rings. The molecule has 0 saturated carbocycles. The van der Waals surface area contributed by atoms with Crippen molar-refractivity contribution in [1.29, 1.82) is 0 Å². The van der Waals surface area contributed by atoms with Crippen LogP contribution in [0, 0.1) is 0 Å². The summed E-state index contributed by atoms with van der Waals surface area (Å²) in [5.74, 6) is 0.137. The maximum absolute atomic E-state index is 9.46. The van der Waals surface area contributed by atoms with E-state index in [0.717, 1.165) is 0 Å². The van der Waals surface area contributed by atoms with Gasteiger partial charge in [0.15, 0.2) is 0 Å². The minimum atomic E-state index is -0.279. The average molecular weight is 202 g/mol. The molecule has 72 valence electrons. The van der Waals surface area contributed by atoms with E-state index in [1.807, 2.05) is 6.92 Å². The van der Waals surface area contributed by atoms with Crippen LogP contribution in [0.2, 0.25) is 5.02 Å². The van der Waals surface area contributed by atoms with Crippen molar-refractivity contribution in [3.05, 3.63) is 28.8 Å². The molecule has 0 aliphatic heterocycles. The number of phenolic OH excluding ortho intramolecular Hbond substituents is 1. The lowest BCUT2D eigenvalue weighted by Gasteiger charge is -2.14. The Morgan fingerprint density at radius 1 is 1.54 bits per heavy atom. The summed E-state index contributed by atoms with van der Waals surface area (Å²) >= 11 is 5.75. The topological polar surface area (TPSA) is 52.5 Å². The van der Waals surface area contributed by atoms with Crippen LogP contribution in [0.3, 0.4) is 0 Å². The van der Waals surface area contributed by atoms with Gasteiger partial charge in [0.05, 0.1) is 6.04 Å². The molecule has 1 aromatic rings. The highest BCUT2D eigenvalue weighted by Crippen LogP contribution is 2.28. The third-order valence-electron chi connectivity index (χ3n) is 1.93. The number of hydrogen-bond acceptors (Lipinski definition) is 3. The molecule has 3 nitrogen and oxygen atoms in total. The fraction of sp³-hybridized carbons (Fsp3) is 0.333. The average Bonchev–Trinajstić information content (AvgIpc) is 2.13. The van der Waals surface area contributed by atoms with Crippen molar-refractivity contribution in [3.8, 4) is 5.75 Å². The zero-order valence-corrected chi connectivity index (χ0v) is 8.04. The lowest BCUT2D eigenvalue weighted by Crippen LogP contribution is -2.15. The van der Waals surface area contributed by atoms with Gasteiger partial charge in [-0.3, -0.25) is 0 Å². The lowest BCUT2D eigenvalue weighted by atomic mass is 10.0. The summed E-state index contributed by atoms with van der Waals surface area (Å²) in [6.45, 7) is 1.90. The molecule has 0 aliphatic carbocycles. The van der Waals surface area contributed by atoms with Gasteiger partial charge in [0.2, 0.25) is 0 Å². The summed E-state index contributed by atoms with van der Waals surface area (Å²) in [4.78, 5) is 0. The van der Waals surface area contributed by atoms with Crippen LogP contribution in [0.4, 0.5) is 0 Å². The van der Waals surface area contributed by atoms with Crippen molar-refractivity contribution in [1.82, 2.24) is 5.48 Å². The second kappa shape index (κ2) is 4.46. The first-order valence-electron chi connectivity index (χ1n) is 4.07. The fourth-order valence-corrected chi connectivity index (χ4v) is 1.37. The quantitative estimate of drug-likeness (QED) is 0.659. The Kier molecular flexibility index (Phi) is 3.54. The van der Waals surface area contributed by atoms with Crippen LogP contribution in [-0.4, -0.2) is 10.3 Å². The van der Waals surface area contributed by atoms with Crippen molar-refractivity contribution in [2.75, 3.05) is 0 Å². The van der Waals surface area contributed by atoms with E-state index in [9.17, 15) is 5.11 Å². The van der Waals surface area contributed by atoms with Gasteiger partial charge in [-0.15, -0.1) is 0 Å². The van der Waals surface area contributed by atoms with Crippen molar-refractivity contribution < 1.29 is 10.3 Å². The number of hydrogen-bond donors (Lipinski definition) is 3. The van der Waals surface area contributed by atoms with Crippen molar-refractivity contribution >= 4 is 11.6 Å². The number of nitrogens with one attached hydrogen (secondary N) is 1. The van der Waals surface area contributed by atoms with Crippen LogP contribution >= 0.6 is 11.6 Å². The predicted molar refractivity (Wildman–Crippen MR) is 51.1 cm³/mol. The molecular weight excluding hydrogens is 190 g/mol. The first-order chi connectivity index (χ1) is 6.19. The lowest BCUT2D eigenvalue weighted by molar-refractivity contribution is 0.123. The summed E-state index contributed by atoms with van der Waals surface area (Å²) in [6.07, 6.45) is 0.671. The Morgan fingerprint density at radius 2 is 2.23 bits per heavy atom. The molecule has 13 heavy (non-hydrogen) atoms. The van der Waals surface area contributed by atoms with E-state index in [0.29, 0.717) is 17.0 Å². The van der Waals surface area contributed by atoms with Gasteiger partial charge in [-0.2, -0.15) is 5.48 Å². The van der Waals surface area contributed by atoms with Crippen LogP contribution in [0.1, 0.15) is 24.9 Å². The molecule has 0 spiro atoms. The molecule has 0 amide bonds. The SMILES string of the molecule is CCC(NO)c1cc(Cl)ccc1O. The van der Waals surface area contributed by atoms with Crippen LogP contribution in [0.15, 0.2) is 18.2 Å². The molecule has 0 heterocycles. The highest BCUT2D eigenvalue weighted by atomic mass is 35.5. The van der Waals surface area contributed by atoms with E-state index in [4.69, 9.17) is 16.8 Å². The summed E-state index contributed by atoms with van der Waals surface area (Å²) < 4.78 is 0. The summed E-state index contributed by atoms with van der Waals surface area (Å²) in [5, 5.41) is 18.8. The van der Waals surface area contributed by atoms with Gasteiger partial charge in [0.25, 0.3) is 0 Å². The van der Waals surface area contributed by atoms with Crippen LogP contribution in [-0.2, 0) is 0 Å². The second-order valence-electron chi connectivity index (χ2n) is 2.79. The summed E-state index contributed by atoms with van der Waals surface area (Å²) in [6, 6.07) is 4.47. The Hall–Kier alpha value is -0.770. The Morgan fingerprint density at radius 3 is 2.77 bits per heavy atom. The highest BCUT2D eigenvalue weighted by Gasteiger charge is 2.12. The molecule has 0 bridgehead atoms. The zero-order chi connectivity index (χ0) is 9.84. The molecule has 1 atom stereocenters. The van der Waals surface area contributed by atoms with Crippen molar-refractivity contribution in [2.45, 2.75) is 19.4 Å². The summed E-state index contributed by atoms with van der Waals surface area (Å²) in [7, 11) is 0. The molecular formula is C9H12ClNO2. The third kappa shape index (κ3) is 2.34. The molecule has 1 rings (SSSR count). The van der Waals surface area contributed by atoms with Crippen LogP contribution in [0.5, 0.6) is 5.75 Å². The number of rotatable bonds is 3. The molecule has 1 aromatic carbocycles. The molecule has 3 N–H and O–H groups in total. The van der Waals surface area contributed by atoms with Gasteiger partial charge in [-0.05, 0) is 24.6 Å². The van der Waals surface area contributed by atoms with E-state index < -0.39 is 0 Å². The predicted octanol–water partition coefficient (Wildman–Crippen LogP) is 2.48. The van der Waals surface area contributed by atoms with Crippen molar-refractivity contribution in [3.63, 3.8) is 0 Å². The minimum Gasteiger partial charge on any atom is -0.508 e. The minimum absolute atomic E-state index is 0.137. The van der Waals surface area contributed by atoms with Crippen LogP contribution in [0.25, 0.3) is 0 Å². The Balaban J connectivity index is 3.03. The van der Waals surface area contributed by atoms with Crippen LogP contribution < -0.4 is 5.48 Å². The molecule has 1 unspecified atom stereocenters. The van der Waals surface area contributed by atoms with E-state index >= 15 is 0 Å². The van der Waals surface area contributed by atoms with Crippen molar-refractivity contribution in [2.24, 2.45) is 0 Å². The highest BCUT2D eigenvalue weighted by molar-refractivity contribution is 6.30. The van der Waals surface area contributed by atoms with E-state index in [2.05, 4.69) is 5.48 Å². The molecule has 0 aliphatic rings. The van der Waals surface area contributed by atoms with E-state index in [1.165, 1.54) is 6.07 Å². The maximum Gasteiger partial charge on any atom is 0.120 e.